The van der Waals surface area contributed by atoms with Gasteiger partial charge in [0.1, 0.15) is 0 Å². The molecule has 0 aliphatic rings. The summed E-state index contributed by atoms with van der Waals surface area (Å²) in [6.45, 7) is 4.53. The predicted octanol–water partition coefficient (Wildman–Crippen LogP) is 1.80. The van der Waals surface area contributed by atoms with Crippen LogP contribution in [0.15, 0.2) is 12.7 Å². The lowest BCUT2D eigenvalue weighted by Gasteiger charge is -2.00. The maximum Gasteiger partial charge on any atom is 0.317 e. The van der Waals surface area contributed by atoms with Crippen LogP contribution in [0.2, 0.25) is 0 Å². The summed E-state index contributed by atoms with van der Waals surface area (Å²) in [6, 6.07) is 0. The molecule has 0 aliphatic carbocycles. The lowest BCUT2D eigenvalue weighted by Crippen LogP contribution is -2.23. The highest BCUT2D eigenvalue weighted by molar-refractivity contribution is 5.68. The number of unbranched alkanes of at least 4 members (excludes halogenated alkanes) is 4. The standard InChI is InChI=1S/C10H19NO2/c1-2-3-4-5-6-7-8-11-9-10(12)13/h2,11H,1,3-9H2,(H,12,13). The van der Waals surface area contributed by atoms with Crippen LogP contribution in [-0.4, -0.2) is 24.2 Å². The molecule has 0 rings (SSSR count). The number of nitrogens with one attached hydrogen (secondary N) is 1. The first-order valence-corrected chi connectivity index (χ1v) is 4.80. The molecule has 0 bridgehead atoms. The molecule has 0 radical (unpaired) electrons. The Labute approximate surface area is 79.8 Å². The zero-order valence-electron chi connectivity index (χ0n) is 8.09. The Bertz CT molecular complexity index is 146. The Kier molecular flexibility index (Phi) is 8.67. The molecule has 0 aliphatic heterocycles. The number of carbonyl (C=O) groups is 1. The van der Waals surface area contributed by atoms with Crippen molar-refractivity contribution in [2.24, 2.45) is 0 Å². The average Bonchev–Trinajstić information content (AvgIpc) is 2.09. The molecule has 13 heavy (non-hydrogen) atoms. The molecular weight excluding hydrogens is 166 g/mol. The SMILES string of the molecule is C=CCCCCCCNCC(=O)O. The average molecular weight is 185 g/mol. The van der Waals surface area contributed by atoms with Gasteiger partial charge in [0, 0.05) is 0 Å². The molecule has 76 valence electrons. The van der Waals surface area contributed by atoms with Gasteiger partial charge in [0.15, 0.2) is 0 Å². The summed E-state index contributed by atoms with van der Waals surface area (Å²) in [5.74, 6) is -0.786. The number of carboxylic acid groups (broad SMARTS) is 1. The van der Waals surface area contributed by atoms with E-state index in [1.807, 2.05) is 6.08 Å². The number of hydrogen-bond donors (Lipinski definition) is 2. The first-order valence-electron chi connectivity index (χ1n) is 4.80. The number of hydrogen-bond acceptors (Lipinski definition) is 2. The van der Waals surface area contributed by atoms with Gasteiger partial charge in [-0.2, -0.15) is 0 Å². The molecule has 0 saturated carbocycles. The molecule has 0 heterocycles. The van der Waals surface area contributed by atoms with Gasteiger partial charge in [-0.3, -0.25) is 4.79 Å². The molecule has 0 unspecified atom stereocenters. The van der Waals surface area contributed by atoms with Gasteiger partial charge in [-0.25, -0.2) is 0 Å². The summed E-state index contributed by atoms with van der Waals surface area (Å²) in [7, 11) is 0. The van der Waals surface area contributed by atoms with Crippen molar-refractivity contribution in [3.05, 3.63) is 12.7 Å². The lowest BCUT2D eigenvalue weighted by atomic mass is 10.1. The minimum Gasteiger partial charge on any atom is -0.480 e. The number of aliphatic carboxylic acids is 1. The van der Waals surface area contributed by atoms with Crippen molar-refractivity contribution in [2.75, 3.05) is 13.1 Å². The normalized spacial score (nSPS) is 9.85. The topological polar surface area (TPSA) is 49.3 Å². The van der Waals surface area contributed by atoms with Crippen LogP contribution in [0.1, 0.15) is 32.1 Å². The van der Waals surface area contributed by atoms with Crippen LogP contribution in [0.3, 0.4) is 0 Å². The van der Waals surface area contributed by atoms with Crippen molar-refractivity contribution in [3.8, 4) is 0 Å². The van der Waals surface area contributed by atoms with E-state index in [0.717, 1.165) is 19.4 Å². The molecule has 0 aromatic rings. The van der Waals surface area contributed by atoms with E-state index in [1.165, 1.54) is 19.3 Å². The Hall–Kier alpha value is -0.830. The van der Waals surface area contributed by atoms with Crippen LogP contribution < -0.4 is 5.32 Å². The Balaban J connectivity index is 2.91. The van der Waals surface area contributed by atoms with Crippen LogP contribution >= 0.6 is 0 Å². The van der Waals surface area contributed by atoms with E-state index in [9.17, 15) is 4.79 Å². The van der Waals surface area contributed by atoms with Gasteiger partial charge in [-0.15, -0.1) is 6.58 Å². The van der Waals surface area contributed by atoms with Crippen LogP contribution in [0.25, 0.3) is 0 Å². The van der Waals surface area contributed by atoms with E-state index in [0.29, 0.717) is 0 Å². The molecule has 0 saturated heterocycles. The monoisotopic (exact) mass is 185 g/mol. The van der Waals surface area contributed by atoms with Gasteiger partial charge in [-0.1, -0.05) is 18.9 Å². The second kappa shape index (κ2) is 9.26. The molecule has 0 atom stereocenters. The van der Waals surface area contributed by atoms with Crippen molar-refractivity contribution in [2.45, 2.75) is 32.1 Å². The molecule has 3 heteroatoms. The summed E-state index contributed by atoms with van der Waals surface area (Å²) in [5, 5.41) is 11.2. The quantitative estimate of drug-likeness (QED) is 0.425. The summed E-state index contributed by atoms with van der Waals surface area (Å²) in [6.07, 6.45) is 7.65. The van der Waals surface area contributed by atoms with E-state index in [4.69, 9.17) is 5.11 Å². The number of carboxylic acids is 1. The van der Waals surface area contributed by atoms with Crippen molar-refractivity contribution in [3.63, 3.8) is 0 Å². The second-order valence-corrected chi connectivity index (χ2v) is 3.06. The molecule has 2 N–H and O–H groups in total. The van der Waals surface area contributed by atoms with Gasteiger partial charge in [0.2, 0.25) is 0 Å². The van der Waals surface area contributed by atoms with E-state index in [1.54, 1.807) is 0 Å². The van der Waals surface area contributed by atoms with E-state index < -0.39 is 5.97 Å². The number of rotatable bonds is 9. The van der Waals surface area contributed by atoms with Crippen LogP contribution in [0, 0.1) is 0 Å². The van der Waals surface area contributed by atoms with Crippen molar-refractivity contribution in [1.29, 1.82) is 0 Å². The summed E-state index contributed by atoms with van der Waals surface area (Å²) >= 11 is 0. The highest BCUT2D eigenvalue weighted by Gasteiger charge is 1.94. The lowest BCUT2D eigenvalue weighted by molar-refractivity contribution is -0.135. The maximum absolute atomic E-state index is 10.1. The fourth-order valence-electron chi connectivity index (χ4n) is 1.09. The Morgan fingerprint density at radius 3 is 2.62 bits per heavy atom. The summed E-state index contributed by atoms with van der Waals surface area (Å²) in [4.78, 5) is 10.1. The molecule has 0 aromatic heterocycles. The second-order valence-electron chi connectivity index (χ2n) is 3.06. The van der Waals surface area contributed by atoms with Crippen molar-refractivity contribution < 1.29 is 9.90 Å². The summed E-state index contributed by atoms with van der Waals surface area (Å²) in [5.41, 5.74) is 0. The van der Waals surface area contributed by atoms with Gasteiger partial charge in [-0.05, 0) is 25.8 Å². The fraction of sp³-hybridized carbons (Fsp3) is 0.700. The molecule has 0 spiro atoms. The molecule has 0 aromatic carbocycles. The van der Waals surface area contributed by atoms with Crippen LogP contribution in [-0.2, 0) is 4.79 Å². The van der Waals surface area contributed by atoms with Crippen molar-refractivity contribution >= 4 is 5.97 Å². The Morgan fingerprint density at radius 2 is 2.00 bits per heavy atom. The summed E-state index contributed by atoms with van der Waals surface area (Å²) < 4.78 is 0. The molecule has 3 nitrogen and oxygen atoms in total. The molecule has 0 amide bonds. The zero-order chi connectivity index (χ0) is 9.94. The third kappa shape index (κ3) is 11.2. The third-order valence-electron chi connectivity index (χ3n) is 1.79. The zero-order valence-corrected chi connectivity index (χ0v) is 8.09. The van der Waals surface area contributed by atoms with Gasteiger partial charge in [0.05, 0.1) is 6.54 Å². The maximum atomic E-state index is 10.1. The molecule has 0 fully saturated rings. The third-order valence-corrected chi connectivity index (χ3v) is 1.79. The minimum absolute atomic E-state index is 0.0760. The largest absolute Gasteiger partial charge is 0.480 e. The first kappa shape index (κ1) is 12.2. The number of allylic oxidation sites excluding steroid dienone is 1. The van der Waals surface area contributed by atoms with Crippen LogP contribution in [0.4, 0.5) is 0 Å². The van der Waals surface area contributed by atoms with Crippen molar-refractivity contribution in [1.82, 2.24) is 5.32 Å². The van der Waals surface area contributed by atoms with E-state index in [2.05, 4.69) is 11.9 Å². The van der Waals surface area contributed by atoms with E-state index in [-0.39, 0.29) is 6.54 Å². The first-order chi connectivity index (χ1) is 6.27. The van der Waals surface area contributed by atoms with E-state index >= 15 is 0 Å². The van der Waals surface area contributed by atoms with Gasteiger partial charge in [0.25, 0.3) is 0 Å². The Morgan fingerprint density at radius 1 is 1.31 bits per heavy atom. The van der Waals surface area contributed by atoms with Gasteiger partial charge < -0.3 is 10.4 Å². The smallest absolute Gasteiger partial charge is 0.317 e. The molecular formula is C10H19NO2. The highest BCUT2D eigenvalue weighted by atomic mass is 16.4. The van der Waals surface area contributed by atoms with Gasteiger partial charge >= 0.3 is 5.97 Å². The predicted molar refractivity (Wildman–Crippen MR) is 53.8 cm³/mol. The minimum atomic E-state index is -0.786. The van der Waals surface area contributed by atoms with Crippen LogP contribution in [0.5, 0.6) is 0 Å². The fourth-order valence-corrected chi connectivity index (χ4v) is 1.09. The highest BCUT2D eigenvalue weighted by Crippen LogP contribution is 2.01.